The third-order valence-electron chi connectivity index (χ3n) is 2.45. The molecule has 0 atom stereocenters. The molecule has 0 bridgehead atoms. The molecule has 0 saturated heterocycles. The summed E-state index contributed by atoms with van der Waals surface area (Å²) >= 11 is 0. The van der Waals surface area contributed by atoms with E-state index in [0.29, 0.717) is 5.69 Å². The van der Waals surface area contributed by atoms with Gasteiger partial charge in [-0.1, -0.05) is 6.07 Å². The Hall–Kier alpha value is -2.24. The standard InChI is InChI=1S/C12H11F2N3O/c1-15-12-16-7(6-11(18)17-12)5-8-9(13)3-2-4-10(8)14/h2-4,6H,5H2,1H3,(H2,15,16,17,18). The first kappa shape index (κ1) is 12.2. The highest BCUT2D eigenvalue weighted by atomic mass is 19.1. The van der Waals surface area contributed by atoms with Gasteiger partial charge in [0, 0.05) is 25.1 Å². The van der Waals surface area contributed by atoms with Crippen LogP contribution in [0, 0.1) is 11.6 Å². The van der Waals surface area contributed by atoms with Gasteiger partial charge in [0.15, 0.2) is 0 Å². The molecular formula is C12H11F2N3O. The van der Waals surface area contributed by atoms with Crippen molar-refractivity contribution in [3.8, 4) is 0 Å². The molecule has 0 saturated carbocycles. The smallest absolute Gasteiger partial charge is 0.252 e. The number of halogens is 2. The van der Waals surface area contributed by atoms with Crippen LogP contribution in [0.4, 0.5) is 14.7 Å². The molecule has 0 aliphatic heterocycles. The molecule has 2 rings (SSSR count). The van der Waals surface area contributed by atoms with E-state index >= 15 is 0 Å². The number of hydrogen-bond donors (Lipinski definition) is 2. The molecule has 0 fully saturated rings. The fourth-order valence-electron chi connectivity index (χ4n) is 1.60. The van der Waals surface area contributed by atoms with Crippen molar-refractivity contribution < 1.29 is 8.78 Å². The number of nitrogens with zero attached hydrogens (tertiary/aromatic N) is 1. The van der Waals surface area contributed by atoms with Crippen LogP contribution < -0.4 is 10.9 Å². The second-order valence-electron chi connectivity index (χ2n) is 3.71. The second kappa shape index (κ2) is 4.95. The summed E-state index contributed by atoms with van der Waals surface area (Å²) in [6.45, 7) is 0. The van der Waals surface area contributed by atoms with Crippen molar-refractivity contribution in [2.24, 2.45) is 0 Å². The van der Waals surface area contributed by atoms with Gasteiger partial charge in [0.2, 0.25) is 5.95 Å². The van der Waals surface area contributed by atoms with E-state index in [1.807, 2.05) is 0 Å². The Bertz CT molecular complexity index is 605. The van der Waals surface area contributed by atoms with E-state index in [-0.39, 0.29) is 23.5 Å². The molecule has 4 nitrogen and oxygen atoms in total. The number of anilines is 1. The zero-order chi connectivity index (χ0) is 13.1. The summed E-state index contributed by atoms with van der Waals surface area (Å²) in [4.78, 5) is 17.8. The molecule has 0 spiro atoms. The van der Waals surface area contributed by atoms with Crippen molar-refractivity contribution in [1.29, 1.82) is 0 Å². The third-order valence-corrected chi connectivity index (χ3v) is 2.45. The van der Waals surface area contributed by atoms with Crippen LogP contribution in [0.15, 0.2) is 29.1 Å². The number of rotatable bonds is 3. The Kier molecular flexibility index (Phi) is 3.36. The fourth-order valence-corrected chi connectivity index (χ4v) is 1.60. The van der Waals surface area contributed by atoms with Gasteiger partial charge < -0.3 is 5.32 Å². The van der Waals surface area contributed by atoms with E-state index in [9.17, 15) is 13.6 Å². The minimum atomic E-state index is -0.650. The first-order valence-electron chi connectivity index (χ1n) is 5.31. The van der Waals surface area contributed by atoms with E-state index < -0.39 is 11.6 Å². The monoisotopic (exact) mass is 251 g/mol. The predicted molar refractivity (Wildman–Crippen MR) is 63.6 cm³/mol. The second-order valence-corrected chi connectivity index (χ2v) is 3.71. The average molecular weight is 251 g/mol. The van der Waals surface area contributed by atoms with Crippen LogP contribution in [-0.2, 0) is 6.42 Å². The summed E-state index contributed by atoms with van der Waals surface area (Å²) < 4.78 is 26.9. The molecule has 1 heterocycles. The number of hydrogen-bond acceptors (Lipinski definition) is 3. The molecule has 18 heavy (non-hydrogen) atoms. The Morgan fingerprint density at radius 1 is 1.33 bits per heavy atom. The SMILES string of the molecule is CNc1nc(Cc2c(F)cccc2F)cc(=O)[nH]1. The molecule has 6 heteroatoms. The lowest BCUT2D eigenvalue weighted by molar-refractivity contribution is 0.560. The molecule has 94 valence electrons. The van der Waals surface area contributed by atoms with Crippen LogP contribution in [0.1, 0.15) is 11.3 Å². The van der Waals surface area contributed by atoms with Crippen molar-refractivity contribution in [2.75, 3.05) is 12.4 Å². The number of nitrogens with one attached hydrogen (secondary N) is 2. The topological polar surface area (TPSA) is 57.8 Å². The first-order chi connectivity index (χ1) is 8.60. The van der Waals surface area contributed by atoms with Gasteiger partial charge in [0.05, 0.1) is 5.69 Å². The van der Waals surface area contributed by atoms with Gasteiger partial charge in [-0.05, 0) is 12.1 Å². The molecular weight excluding hydrogens is 240 g/mol. The summed E-state index contributed by atoms with van der Waals surface area (Å²) in [5.74, 6) is -1.04. The zero-order valence-corrected chi connectivity index (χ0v) is 9.63. The third kappa shape index (κ3) is 2.53. The molecule has 2 aromatic rings. The molecule has 0 radical (unpaired) electrons. The highest BCUT2D eigenvalue weighted by Crippen LogP contribution is 2.15. The highest BCUT2D eigenvalue weighted by molar-refractivity contribution is 5.29. The first-order valence-corrected chi connectivity index (χ1v) is 5.31. The van der Waals surface area contributed by atoms with Gasteiger partial charge in [0.1, 0.15) is 11.6 Å². The fraction of sp³-hybridized carbons (Fsp3) is 0.167. The Morgan fingerprint density at radius 2 is 2.00 bits per heavy atom. The van der Waals surface area contributed by atoms with Gasteiger partial charge in [-0.3, -0.25) is 9.78 Å². The van der Waals surface area contributed by atoms with E-state index in [4.69, 9.17) is 0 Å². The van der Waals surface area contributed by atoms with E-state index in [1.165, 1.54) is 24.3 Å². The normalized spacial score (nSPS) is 10.4. The maximum absolute atomic E-state index is 13.4. The maximum Gasteiger partial charge on any atom is 0.252 e. The summed E-state index contributed by atoms with van der Waals surface area (Å²) in [6.07, 6.45) is -0.0723. The minimum Gasteiger partial charge on any atom is -0.359 e. The zero-order valence-electron chi connectivity index (χ0n) is 9.63. The highest BCUT2D eigenvalue weighted by Gasteiger charge is 2.10. The van der Waals surface area contributed by atoms with E-state index in [2.05, 4.69) is 15.3 Å². The number of benzene rings is 1. The summed E-state index contributed by atoms with van der Waals surface area (Å²) in [6, 6.07) is 4.85. The van der Waals surface area contributed by atoms with Crippen LogP contribution in [0.25, 0.3) is 0 Å². The minimum absolute atomic E-state index is 0.0723. The molecule has 2 N–H and O–H groups in total. The van der Waals surface area contributed by atoms with Gasteiger partial charge in [-0.15, -0.1) is 0 Å². The van der Waals surface area contributed by atoms with Crippen LogP contribution in [0.2, 0.25) is 0 Å². The molecule has 0 aliphatic carbocycles. The maximum atomic E-state index is 13.4. The van der Waals surface area contributed by atoms with Crippen molar-refractivity contribution >= 4 is 5.95 Å². The summed E-state index contributed by atoms with van der Waals surface area (Å²) in [7, 11) is 1.59. The quantitative estimate of drug-likeness (QED) is 0.872. The van der Waals surface area contributed by atoms with Crippen LogP contribution in [-0.4, -0.2) is 17.0 Å². The lowest BCUT2D eigenvalue weighted by Gasteiger charge is -2.05. The van der Waals surface area contributed by atoms with Gasteiger partial charge in [-0.25, -0.2) is 13.8 Å². The van der Waals surface area contributed by atoms with Gasteiger partial charge >= 0.3 is 0 Å². The molecule has 1 aromatic heterocycles. The largest absolute Gasteiger partial charge is 0.359 e. The van der Waals surface area contributed by atoms with Crippen molar-refractivity contribution in [3.63, 3.8) is 0 Å². The summed E-state index contributed by atoms with van der Waals surface area (Å²) in [5.41, 5.74) is -0.175. The van der Waals surface area contributed by atoms with Crippen LogP contribution >= 0.6 is 0 Å². The Labute approximate surface area is 102 Å². The Balaban J connectivity index is 2.40. The van der Waals surface area contributed by atoms with Crippen molar-refractivity contribution in [1.82, 2.24) is 9.97 Å². The van der Waals surface area contributed by atoms with E-state index in [0.717, 1.165) is 0 Å². The molecule has 0 amide bonds. The van der Waals surface area contributed by atoms with Crippen LogP contribution in [0.5, 0.6) is 0 Å². The van der Waals surface area contributed by atoms with E-state index in [1.54, 1.807) is 7.05 Å². The van der Waals surface area contributed by atoms with Gasteiger partial charge in [-0.2, -0.15) is 0 Å². The average Bonchev–Trinajstić information content (AvgIpc) is 2.33. The van der Waals surface area contributed by atoms with Crippen molar-refractivity contribution in [2.45, 2.75) is 6.42 Å². The van der Waals surface area contributed by atoms with Crippen LogP contribution in [0.3, 0.4) is 0 Å². The number of aromatic amines is 1. The lowest BCUT2D eigenvalue weighted by atomic mass is 10.1. The molecule has 0 unspecified atom stereocenters. The predicted octanol–water partition coefficient (Wildman–Crippen LogP) is 1.68. The summed E-state index contributed by atoms with van der Waals surface area (Å²) in [5, 5.41) is 2.67. The molecule has 1 aromatic carbocycles. The number of H-pyrrole nitrogens is 1. The Morgan fingerprint density at radius 3 is 2.61 bits per heavy atom. The lowest BCUT2D eigenvalue weighted by Crippen LogP contribution is -2.13. The number of aromatic nitrogens is 2. The van der Waals surface area contributed by atoms with Crippen molar-refractivity contribution in [3.05, 3.63) is 57.5 Å². The molecule has 0 aliphatic rings. The van der Waals surface area contributed by atoms with Gasteiger partial charge in [0.25, 0.3) is 5.56 Å².